The molecule has 2 heterocycles. The molecule has 0 atom stereocenters. The molecular weight excluding hydrogens is 777 g/mol. The van der Waals surface area contributed by atoms with Crippen molar-refractivity contribution in [2.75, 3.05) is 11.5 Å². The molecule has 0 fully saturated rings. The van der Waals surface area contributed by atoms with Gasteiger partial charge in [0.25, 0.3) is 0 Å². The van der Waals surface area contributed by atoms with E-state index in [1.165, 1.54) is 47.8 Å². The standard InChI is InChI=1S/C42H28N8O6S2/c43-49-47-37-11-5-27(21-45-37)57-15-13-23-1-7-31(41(53)54)33(17-23)25-3-9-29-35(19-25)39(51)30-10-4-26(20-36(30)40(29)52)34-18-24(2-8-32(34)42(55)56)14-16-58-28-6-12-38(46-22-28)48-50-44/h1-12,17-22H,13-16H2,(H,53,54)(H,55,56). The van der Waals surface area contributed by atoms with Crippen molar-refractivity contribution in [1.29, 1.82) is 0 Å². The number of rotatable bonds is 14. The van der Waals surface area contributed by atoms with E-state index in [2.05, 4.69) is 30.0 Å². The Bertz CT molecular complexity index is 2560. The van der Waals surface area contributed by atoms with E-state index >= 15 is 0 Å². The number of carboxylic acids is 2. The van der Waals surface area contributed by atoms with Gasteiger partial charge in [-0.3, -0.25) is 19.6 Å². The minimum absolute atomic E-state index is 0.0433. The fourth-order valence-electron chi connectivity index (χ4n) is 6.53. The van der Waals surface area contributed by atoms with Crippen molar-refractivity contribution >= 4 is 58.7 Å². The van der Waals surface area contributed by atoms with Crippen LogP contribution in [-0.4, -0.2) is 55.2 Å². The number of carbonyl (C=O) groups is 4. The van der Waals surface area contributed by atoms with Gasteiger partial charge in [-0.15, -0.1) is 23.5 Å². The number of carbonyl (C=O) groups excluding carboxylic acids is 2. The summed E-state index contributed by atoms with van der Waals surface area (Å²) >= 11 is 3.07. The summed E-state index contributed by atoms with van der Waals surface area (Å²) in [5, 5.41) is 27.1. The second-order valence-corrected chi connectivity index (χ2v) is 15.2. The second-order valence-electron chi connectivity index (χ2n) is 12.8. The third kappa shape index (κ3) is 8.45. The van der Waals surface area contributed by atoms with Crippen molar-refractivity contribution in [2.24, 2.45) is 10.2 Å². The SMILES string of the molecule is [N-]=[N+]=Nc1ccc(SCCc2ccc(C(=O)O)c(-c3ccc4c(c3)C(=O)c3ccc(-c5cc(CCSc6ccc(N=[N+]=[N-])nc6)ccc5C(=O)O)cc3C4=O)c2)cn1. The maximum Gasteiger partial charge on any atom is 0.336 e. The van der Waals surface area contributed by atoms with Crippen LogP contribution >= 0.6 is 23.5 Å². The van der Waals surface area contributed by atoms with Crippen molar-refractivity contribution in [3.05, 3.63) is 175 Å². The molecule has 1 aliphatic rings. The van der Waals surface area contributed by atoms with Crippen LogP contribution in [0.5, 0.6) is 0 Å². The highest BCUT2D eigenvalue weighted by Crippen LogP contribution is 2.36. The summed E-state index contributed by atoms with van der Waals surface area (Å²) in [7, 11) is 0. The van der Waals surface area contributed by atoms with Gasteiger partial charge in [0.1, 0.15) is 11.6 Å². The number of hydrogen-bond donors (Lipinski definition) is 2. The zero-order chi connectivity index (χ0) is 40.8. The molecule has 4 aromatic carbocycles. The van der Waals surface area contributed by atoms with Gasteiger partial charge in [0, 0.05) is 65.8 Å². The van der Waals surface area contributed by atoms with Gasteiger partial charge in [-0.25, -0.2) is 9.59 Å². The van der Waals surface area contributed by atoms with Crippen molar-refractivity contribution in [3.8, 4) is 22.3 Å². The Morgan fingerprint density at radius 3 is 1.34 bits per heavy atom. The van der Waals surface area contributed by atoms with Crippen LogP contribution in [0, 0.1) is 0 Å². The van der Waals surface area contributed by atoms with Crippen LogP contribution in [-0.2, 0) is 12.8 Å². The number of azide groups is 2. The van der Waals surface area contributed by atoms with Gasteiger partial charge in [0.2, 0.25) is 0 Å². The van der Waals surface area contributed by atoms with Crippen LogP contribution in [0.3, 0.4) is 0 Å². The summed E-state index contributed by atoms with van der Waals surface area (Å²) in [6.45, 7) is 0. The molecule has 0 spiro atoms. The smallest absolute Gasteiger partial charge is 0.336 e. The maximum absolute atomic E-state index is 14.0. The number of benzene rings is 4. The van der Waals surface area contributed by atoms with E-state index in [1.54, 1.807) is 85.2 Å². The highest BCUT2D eigenvalue weighted by molar-refractivity contribution is 7.99. The first kappa shape index (κ1) is 39.0. The average molecular weight is 805 g/mol. The average Bonchev–Trinajstić information content (AvgIpc) is 3.23. The number of nitrogens with zero attached hydrogens (tertiary/aromatic N) is 8. The van der Waals surface area contributed by atoms with E-state index in [4.69, 9.17) is 11.1 Å². The Hall–Kier alpha value is -7.22. The molecule has 1 aliphatic carbocycles. The Morgan fingerprint density at radius 1 is 0.552 bits per heavy atom. The molecule has 0 unspecified atom stereocenters. The highest BCUT2D eigenvalue weighted by Gasteiger charge is 2.31. The van der Waals surface area contributed by atoms with E-state index in [-0.39, 0.29) is 45.0 Å². The predicted molar refractivity (Wildman–Crippen MR) is 219 cm³/mol. The molecule has 0 saturated carbocycles. The van der Waals surface area contributed by atoms with E-state index in [0.29, 0.717) is 46.6 Å². The number of ketones is 2. The molecule has 2 N–H and O–H groups in total. The molecule has 58 heavy (non-hydrogen) atoms. The number of hydrogen-bond acceptors (Lipinski definition) is 10. The summed E-state index contributed by atoms with van der Waals surface area (Å²) in [4.78, 5) is 68.0. The van der Waals surface area contributed by atoms with Crippen molar-refractivity contribution in [3.63, 3.8) is 0 Å². The quantitative estimate of drug-likeness (QED) is 0.0457. The first-order valence-corrected chi connectivity index (χ1v) is 19.5. The van der Waals surface area contributed by atoms with Gasteiger partial charge in [0.05, 0.1) is 11.1 Å². The molecule has 0 aliphatic heterocycles. The van der Waals surface area contributed by atoms with Gasteiger partial charge in [-0.1, -0.05) is 36.4 Å². The van der Waals surface area contributed by atoms with E-state index < -0.39 is 23.5 Å². The van der Waals surface area contributed by atoms with E-state index in [0.717, 1.165) is 20.9 Å². The molecule has 7 rings (SSSR count). The Labute approximate surface area is 338 Å². The first-order valence-electron chi connectivity index (χ1n) is 17.5. The lowest BCUT2D eigenvalue weighted by atomic mass is 9.81. The summed E-state index contributed by atoms with van der Waals surface area (Å²) in [5.74, 6) is -1.26. The van der Waals surface area contributed by atoms with Crippen LogP contribution in [0.15, 0.2) is 129 Å². The minimum Gasteiger partial charge on any atom is -0.478 e. The number of fused-ring (bicyclic) bond motifs is 2. The topological polar surface area (TPSA) is 232 Å². The number of aromatic carboxylic acids is 2. The largest absolute Gasteiger partial charge is 0.478 e. The number of aromatic nitrogens is 2. The van der Waals surface area contributed by atoms with Crippen LogP contribution in [0.1, 0.15) is 63.7 Å². The van der Waals surface area contributed by atoms with Crippen molar-refractivity contribution < 1.29 is 29.4 Å². The molecule has 0 bridgehead atoms. The number of aryl methyl sites for hydroxylation is 2. The van der Waals surface area contributed by atoms with Gasteiger partial charge in [-0.2, -0.15) is 0 Å². The Balaban J connectivity index is 1.12. The normalized spacial score (nSPS) is 11.5. The Kier molecular flexibility index (Phi) is 11.6. The van der Waals surface area contributed by atoms with Gasteiger partial charge in [-0.05, 0) is 128 Å². The molecule has 0 amide bonds. The summed E-state index contributed by atoms with van der Waals surface area (Å²) in [6, 6.07) is 26.4. The minimum atomic E-state index is -1.14. The molecule has 14 nitrogen and oxygen atoms in total. The predicted octanol–water partition coefficient (Wildman–Crippen LogP) is 10.5. The lowest BCUT2D eigenvalue weighted by Gasteiger charge is -2.20. The molecule has 6 aromatic rings. The summed E-state index contributed by atoms with van der Waals surface area (Å²) in [5.41, 5.74) is 21.3. The van der Waals surface area contributed by atoms with Crippen LogP contribution in [0.25, 0.3) is 43.1 Å². The zero-order valence-electron chi connectivity index (χ0n) is 30.1. The van der Waals surface area contributed by atoms with Gasteiger partial charge >= 0.3 is 11.9 Å². The molecule has 0 radical (unpaired) electrons. The fourth-order valence-corrected chi connectivity index (χ4v) is 8.26. The molecular formula is C42H28N8O6S2. The van der Waals surface area contributed by atoms with E-state index in [1.807, 2.05) is 0 Å². The van der Waals surface area contributed by atoms with Crippen LogP contribution < -0.4 is 0 Å². The third-order valence-electron chi connectivity index (χ3n) is 9.32. The second kappa shape index (κ2) is 17.3. The number of pyridine rings is 2. The van der Waals surface area contributed by atoms with Crippen molar-refractivity contribution in [1.82, 2.24) is 9.97 Å². The zero-order valence-corrected chi connectivity index (χ0v) is 31.8. The Morgan fingerprint density at radius 2 is 0.983 bits per heavy atom. The fraction of sp³-hybridized carbons (Fsp3) is 0.0952. The summed E-state index contributed by atoms with van der Waals surface area (Å²) in [6.07, 6.45) is 4.41. The monoisotopic (exact) mass is 804 g/mol. The highest BCUT2D eigenvalue weighted by atomic mass is 32.2. The van der Waals surface area contributed by atoms with Gasteiger partial charge in [0.15, 0.2) is 11.6 Å². The number of carboxylic acid groups (broad SMARTS) is 2. The molecule has 0 saturated heterocycles. The molecule has 16 heteroatoms. The van der Waals surface area contributed by atoms with Crippen molar-refractivity contribution in [2.45, 2.75) is 22.6 Å². The van der Waals surface area contributed by atoms with Crippen LogP contribution in [0.4, 0.5) is 11.6 Å². The molecule has 2 aromatic heterocycles. The maximum atomic E-state index is 14.0. The third-order valence-corrected chi connectivity index (χ3v) is 11.3. The number of thioether (sulfide) groups is 2. The van der Waals surface area contributed by atoms with E-state index in [9.17, 15) is 29.4 Å². The van der Waals surface area contributed by atoms with Gasteiger partial charge < -0.3 is 10.2 Å². The summed E-state index contributed by atoms with van der Waals surface area (Å²) < 4.78 is 0. The first-order chi connectivity index (χ1) is 28.1. The lowest BCUT2D eigenvalue weighted by molar-refractivity contribution is 0.0687. The van der Waals surface area contributed by atoms with Crippen LogP contribution in [0.2, 0.25) is 0 Å². The lowest BCUT2D eigenvalue weighted by Crippen LogP contribution is -2.21. The molecule has 284 valence electrons.